The largest absolute Gasteiger partial charge is 0.493 e. The maximum Gasteiger partial charge on any atom is 0.162 e. The van der Waals surface area contributed by atoms with Gasteiger partial charge in [-0.3, -0.25) is 0 Å². The molecule has 0 fully saturated rings. The number of thiazole rings is 1. The number of furan rings is 1. The molecule has 22 heavy (non-hydrogen) atoms. The van der Waals surface area contributed by atoms with Gasteiger partial charge in [-0.05, 0) is 24.3 Å². The third-order valence-corrected chi connectivity index (χ3v) is 3.86. The lowest BCUT2D eigenvalue weighted by molar-refractivity contribution is 0.281. The van der Waals surface area contributed by atoms with Crippen LogP contribution in [0.15, 0.2) is 46.4 Å². The Hall–Kier alpha value is -2.78. The topological polar surface area (TPSA) is 68.3 Å². The molecule has 0 saturated heterocycles. The number of hydrogen-bond donors (Lipinski definition) is 0. The van der Waals surface area contributed by atoms with E-state index in [0.29, 0.717) is 23.7 Å². The standard InChI is InChI=1S/C16H12N2O3S/c1-19-15-7-11(8-17)4-5-13(15)21-9-12-10-22-16(18-12)14-3-2-6-20-14/h2-7,10H,9H2,1H3. The number of benzene rings is 1. The molecule has 0 bridgehead atoms. The molecule has 6 heteroatoms. The van der Waals surface area contributed by atoms with Crippen LogP contribution in [0.25, 0.3) is 10.8 Å². The summed E-state index contributed by atoms with van der Waals surface area (Å²) in [5.41, 5.74) is 1.33. The Balaban J connectivity index is 1.72. The molecule has 5 nitrogen and oxygen atoms in total. The van der Waals surface area contributed by atoms with E-state index in [2.05, 4.69) is 11.1 Å². The lowest BCUT2D eigenvalue weighted by Crippen LogP contribution is -1.98. The molecule has 3 rings (SSSR count). The van der Waals surface area contributed by atoms with Gasteiger partial charge in [0.1, 0.15) is 6.61 Å². The number of nitrogens with zero attached hydrogens (tertiary/aromatic N) is 2. The normalized spacial score (nSPS) is 10.2. The van der Waals surface area contributed by atoms with Crippen LogP contribution in [0, 0.1) is 11.3 Å². The molecule has 0 radical (unpaired) electrons. The fourth-order valence-corrected chi connectivity index (χ4v) is 2.67. The molecule has 0 unspecified atom stereocenters. The van der Waals surface area contributed by atoms with Crippen LogP contribution in [-0.2, 0) is 6.61 Å². The summed E-state index contributed by atoms with van der Waals surface area (Å²) >= 11 is 1.50. The van der Waals surface area contributed by atoms with Crippen LogP contribution >= 0.6 is 11.3 Å². The zero-order chi connectivity index (χ0) is 15.4. The van der Waals surface area contributed by atoms with Gasteiger partial charge in [-0.25, -0.2) is 4.98 Å². The molecule has 0 aliphatic rings. The highest BCUT2D eigenvalue weighted by atomic mass is 32.1. The van der Waals surface area contributed by atoms with E-state index in [0.717, 1.165) is 16.5 Å². The molecular formula is C16H12N2O3S. The number of nitriles is 1. The maximum atomic E-state index is 8.89. The zero-order valence-corrected chi connectivity index (χ0v) is 12.6. The lowest BCUT2D eigenvalue weighted by Gasteiger charge is -2.09. The molecule has 110 valence electrons. The zero-order valence-electron chi connectivity index (χ0n) is 11.8. The fourth-order valence-electron chi connectivity index (χ4n) is 1.89. The highest BCUT2D eigenvalue weighted by Gasteiger charge is 2.10. The van der Waals surface area contributed by atoms with Crippen molar-refractivity contribution in [2.24, 2.45) is 0 Å². The van der Waals surface area contributed by atoms with Gasteiger partial charge >= 0.3 is 0 Å². The van der Waals surface area contributed by atoms with E-state index < -0.39 is 0 Å². The molecule has 1 aromatic carbocycles. The van der Waals surface area contributed by atoms with Gasteiger partial charge in [0.15, 0.2) is 22.3 Å². The second-order valence-electron chi connectivity index (χ2n) is 4.39. The SMILES string of the molecule is COc1cc(C#N)ccc1OCc1csc(-c2ccco2)n1. The predicted molar refractivity (Wildman–Crippen MR) is 81.9 cm³/mol. The summed E-state index contributed by atoms with van der Waals surface area (Å²) < 4.78 is 16.3. The van der Waals surface area contributed by atoms with Crippen molar-refractivity contribution >= 4 is 11.3 Å². The summed E-state index contributed by atoms with van der Waals surface area (Å²) in [6, 6.07) is 10.8. The minimum Gasteiger partial charge on any atom is -0.493 e. The highest BCUT2D eigenvalue weighted by Crippen LogP contribution is 2.29. The first-order valence-corrected chi connectivity index (χ1v) is 7.37. The van der Waals surface area contributed by atoms with Crippen LogP contribution in [-0.4, -0.2) is 12.1 Å². The number of hydrogen-bond acceptors (Lipinski definition) is 6. The van der Waals surface area contributed by atoms with Gasteiger partial charge < -0.3 is 13.9 Å². The van der Waals surface area contributed by atoms with E-state index in [1.54, 1.807) is 31.6 Å². The summed E-state index contributed by atoms with van der Waals surface area (Å²) in [4.78, 5) is 4.46. The molecule has 0 amide bonds. The monoisotopic (exact) mass is 312 g/mol. The van der Waals surface area contributed by atoms with Crippen LogP contribution in [0.2, 0.25) is 0 Å². The van der Waals surface area contributed by atoms with Crippen LogP contribution in [0.1, 0.15) is 11.3 Å². The van der Waals surface area contributed by atoms with Gasteiger partial charge in [-0.2, -0.15) is 5.26 Å². The summed E-state index contributed by atoms with van der Waals surface area (Å²) in [5.74, 6) is 1.85. The molecule has 0 N–H and O–H groups in total. The molecule has 0 aliphatic heterocycles. The Kier molecular flexibility index (Phi) is 4.08. The molecule has 0 aliphatic carbocycles. The Morgan fingerprint density at radius 1 is 1.32 bits per heavy atom. The smallest absolute Gasteiger partial charge is 0.162 e. The minimum absolute atomic E-state index is 0.319. The average Bonchev–Trinajstić information content (AvgIpc) is 3.23. The van der Waals surface area contributed by atoms with E-state index in [9.17, 15) is 0 Å². The van der Waals surface area contributed by atoms with Crippen LogP contribution in [0.3, 0.4) is 0 Å². The Labute approximate surface area is 131 Å². The van der Waals surface area contributed by atoms with Gasteiger partial charge in [0.05, 0.1) is 30.7 Å². The summed E-state index contributed by atoms with van der Waals surface area (Å²) in [6.45, 7) is 0.319. The number of ether oxygens (including phenoxy) is 2. The molecule has 0 saturated carbocycles. The summed E-state index contributed by atoms with van der Waals surface area (Å²) in [7, 11) is 1.54. The maximum absolute atomic E-state index is 8.89. The molecule has 0 spiro atoms. The van der Waals surface area contributed by atoms with Crippen molar-refractivity contribution < 1.29 is 13.9 Å². The first kappa shape index (κ1) is 14.2. The van der Waals surface area contributed by atoms with E-state index in [1.807, 2.05) is 17.5 Å². The van der Waals surface area contributed by atoms with E-state index in [4.69, 9.17) is 19.2 Å². The van der Waals surface area contributed by atoms with Crippen LogP contribution < -0.4 is 9.47 Å². The van der Waals surface area contributed by atoms with Crippen molar-refractivity contribution in [1.29, 1.82) is 5.26 Å². The van der Waals surface area contributed by atoms with Crippen molar-refractivity contribution in [2.45, 2.75) is 6.61 Å². The molecule has 2 aromatic heterocycles. The predicted octanol–water partition coefficient (Wildman–Crippen LogP) is 3.86. The second-order valence-corrected chi connectivity index (χ2v) is 5.25. The number of rotatable bonds is 5. The van der Waals surface area contributed by atoms with Gasteiger partial charge in [-0.15, -0.1) is 11.3 Å². The fraction of sp³-hybridized carbons (Fsp3) is 0.125. The first-order chi connectivity index (χ1) is 10.8. The molecule has 0 atom stereocenters. The minimum atomic E-state index is 0.319. The number of methoxy groups -OCH3 is 1. The third-order valence-electron chi connectivity index (χ3n) is 2.95. The molecule has 2 heterocycles. The quantitative estimate of drug-likeness (QED) is 0.715. The Morgan fingerprint density at radius 2 is 2.23 bits per heavy atom. The van der Waals surface area contributed by atoms with Crippen molar-refractivity contribution in [1.82, 2.24) is 4.98 Å². The lowest BCUT2D eigenvalue weighted by atomic mass is 10.2. The average molecular weight is 312 g/mol. The van der Waals surface area contributed by atoms with E-state index >= 15 is 0 Å². The van der Waals surface area contributed by atoms with Gasteiger partial charge in [0, 0.05) is 11.4 Å². The Morgan fingerprint density at radius 3 is 2.95 bits per heavy atom. The van der Waals surface area contributed by atoms with Gasteiger partial charge in [0.25, 0.3) is 0 Å². The van der Waals surface area contributed by atoms with Crippen LogP contribution in [0.4, 0.5) is 0 Å². The Bertz CT molecular complexity index is 803. The molecular weight excluding hydrogens is 300 g/mol. The van der Waals surface area contributed by atoms with Gasteiger partial charge in [-0.1, -0.05) is 0 Å². The number of aromatic nitrogens is 1. The van der Waals surface area contributed by atoms with Crippen molar-refractivity contribution in [3.8, 4) is 28.3 Å². The van der Waals surface area contributed by atoms with Crippen molar-refractivity contribution in [3.05, 3.63) is 53.2 Å². The van der Waals surface area contributed by atoms with Gasteiger partial charge in [0.2, 0.25) is 0 Å². The van der Waals surface area contributed by atoms with E-state index in [-0.39, 0.29) is 0 Å². The van der Waals surface area contributed by atoms with Crippen molar-refractivity contribution in [2.75, 3.05) is 7.11 Å². The van der Waals surface area contributed by atoms with Crippen molar-refractivity contribution in [3.63, 3.8) is 0 Å². The highest BCUT2D eigenvalue weighted by molar-refractivity contribution is 7.13. The first-order valence-electron chi connectivity index (χ1n) is 6.49. The third kappa shape index (κ3) is 2.95. The summed E-state index contributed by atoms with van der Waals surface area (Å²) in [5, 5.41) is 11.6. The second kappa shape index (κ2) is 6.33. The van der Waals surface area contributed by atoms with E-state index in [1.165, 1.54) is 11.3 Å². The van der Waals surface area contributed by atoms with Crippen LogP contribution in [0.5, 0.6) is 11.5 Å². The molecule has 3 aromatic rings. The summed E-state index contributed by atoms with van der Waals surface area (Å²) in [6.07, 6.45) is 1.62.